The standard InChI is InChI=1S/C14H19BrFN/c1-9(2)10-7-11(13(16)12(15)8-10)14(3)5-4-6-17-14/h7-9,17H,4-6H2,1-3H3. The first-order valence-corrected chi connectivity index (χ1v) is 6.98. The topological polar surface area (TPSA) is 12.0 Å². The Kier molecular flexibility index (Phi) is 3.60. The fraction of sp³-hybridized carbons (Fsp3) is 0.571. The van der Waals surface area contributed by atoms with Crippen molar-refractivity contribution in [1.82, 2.24) is 5.32 Å². The minimum atomic E-state index is -0.211. The summed E-state index contributed by atoms with van der Waals surface area (Å²) in [6.07, 6.45) is 2.11. The molecule has 0 saturated carbocycles. The fourth-order valence-corrected chi connectivity index (χ4v) is 2.95. The summed E-state index contributed by atoms with van der Waals surface area (Å²) in [5.41, 5.74) is 1.77. The van der Waals surface area contributed by atoms with Crippen LogP contribution in [0.3, 0.4) is 0 Å². The van der Waals surface area contributed by atoms with Crippen molar-refractivity contribution in [3.8, 4) is 0 Å². The van der Waals surface area contributed by atoms with E-state index in [1.165, 1.54) is 5.56 Å². The molecule has 1 nitrogen and oxygen atoms in total. The van der Waals surface area contributed by atoms with Crippen molar-refractivity contribution < 1.29 is 4.39 Å². The third kappa shape index (κ3) is 2.41. The van der Waals surface area contributed by atoms with Crippen LogP contribution in [0.2, 0.25) is 0 Å². The molecule has 0 spiro atoms. The lowest BCUT2D eigenvalue weighted by atomic mass is 9.87. The smallest absolute Gasteiger partial charge is 0.142 e. The minimum Gasteiger partial charge on any atom is -0.308 e. The second-order valence-electron chi connectivity index (χ2n) is 5.38. The molecule has 1 aromatic carbocycles. The molecule has 1 aromatic rings. The van der Waals surface area contributed by atoms with Gasteiger partial charge in [0.1, 0.15) is 5.82 Å². The molecule has 94 valence electrons. The van der Waals surface area contributed by atoms with Gasteiger partial charge in [-0.25, -0.2) is 4.39 Å². The average molecular weight is 300 g/mol. The Hall–Kier alpha value is -0.410. The Morgan fingerprint density at radius 3 is 2.65 bits per heavy atom. The van der Waals surface area contributed by atoms with E-state index in [1.54, 1.807) is 0 Å². The van der Waals surface area contributed by atoms with Crippen LogP contribution < -0.4 is 5.32 Å². The van der Waals surface area contributed by atoms with Crippen LogP contribution in [0.15, 0.2) is 16.6 Å². The van der Waals surface area contributed by atoms with Gasteiger partial charge in [-0.2, -0.15) is 0 Å². The molecule has 1 saturated heterocycles. The maximum absolute atomic E-state index is 14.3. The molecule has 1 atom stereocenters. The molecule has 17 heavy (non-hydrogen) atoms. The maximum atomic E-state index is 14.3. The van der Waals surface area contributed by atoms with Crippen molar-refractivity contribution in [2.24, 2.45) is 0 Å². The second-order valence-corrected chi connectivity index (χ2v) is 6.24. The van der Waals surface area contributed by atoms with Crippen molar-refractivity contribution in [3.63, 3.8) is 0 Å². The van der Waals surface area contributed by atoms with E-state index in [1.807, 2.05) is 12.1 Å². The number of rotatable bonds is 2. The highest BCUT2D eigenvalue weighted by Gasteiger charge is 2.33. The Morgan fingerprint density at radius 1 is 1.41 bits per heavy atom. The van der Waals surface area contributed by atoms with Gasteiger partial charge in [0.25, 0.3) is 0 Å². The van der Waals surface area contributed by atoms with Crippen molar-refractivity contribution in [2.45, 2.75) is 45.1 Å². The summed E-state index contributed by atoms with van der Waals surface area (Å²) in [6.45, 7) is 7.33. The second kappa shape index (κ2) is 4.69. The summed E-state index contributed by atoms with van der Waals surface area (Å²) in [6, 6.07) is 3.91. The molecule has 0 bridgehead atoms. The van der Waals surface area contributed by atoms with Gasteiger partial charge < -0.3 is 5.32 Å². The van der Waals surface area contributed by atoms with Gasteiger partial charge in [-0.1, -0.05) is 19.9 Å². The van der Waals surface area contributed by atoms with Gasteiger partial charge in [0.2, 0.25) is 0 Å². The lowest BCUT2D eigenvalue weighted by Gasteiger charge is -2.27. The minimum absolute atomic E-state index is 0.119. The van der Waals surface area contributed by atoms with E-state index in [4.69, 9.17) is 0 Å². The Bertz CT molecular complexity index is 422. The van der Waals surface area contributed by atoms with E-state index in [0.29, 0.717) is 10.4 Å². The highest BCUT2D eigenvalue weighted by Crippen LogP contribution is 2.36. The van der Waals surface area contributed by atoms with Crippen LogP contribution in [0.5, 0.6) is 0 Å². The maximum Gasteiger partial charge on any atom is 0.142 e. The van der Waals surface area contributed by atoms with Crippen molar-refractivity contribution >= 4 is 15.9 Å². The molecule has 1 heterocycles. The Labute approximate surface area is 111 Å². The SMILES string of the molecule is CC(C)c1cc(Br)c(F)c(C2(C)CCCN2)c1. The van der Waals surface area contributed by atoms with Crippen LogP contribution >= 0.6 is 15.9 Å². The lowest BCUT2D eigenvalue weighted by molar-refractivity contribution is 0.409. The zero-order chi connectivity index (χ0) is 12.6. The largest absolute Gasteiger partial charge is 0.308 e. The summed E-state index contributed by atoms with van der Waals surface area (Å²) >= 11 is 3.33. The van der Waals surface area contributed by atoms with Crippen molar-refractivity contribution in [1.29, 1.82) is 0 Å². The Morgan fingerprint density at radius 2 is 2.12 bits per heavy atom. The number of nitrogens with one attached hydrogen (secondary N) is 1. The highest BCUT2D eigenvalue weighted by molar-refractivity contribution is 9.10. The van der Waals surface area contributed by atoms with E-state index in [9.17, 15) is 4.39 Å². The monoisotopic (exact) mass is 299 g/mol. The summed E-state index contributed by atoms with van der Waals surface area (Å²) in [5.74, 6) is 0.293. The van der Waals surface area contributed by atoms with Crippen molar-refractivity contribution in [3.05, 3.63) is 33.5 Å². The normalized spacial score (nSPS) is 24.6. The lowest BCUT2D eigenvalue weighted by Crippen LogP contribution is -2.34. The first-order chi connectivity index (χ1) is 7.94. The fourth-order valence-electron chi connectivity index (χ4n) is 2.47. The van der Waals surface area contributed by atoms with Gasteiger partial charge in [0.15, 0.2) is 0 Å². The molecule has 0 aromatic heterocycles. The molecular formula is C14H19BrFN. The first kappa shape index (κ1) is 13.0. The van der Waals surface area contributed by atoms with Crippen LogP contribution in [0, 0.1) is 5.82 Å². The number of halogens is 2. The molecular weight excluding hydrogens is 281 g/mol. The zero-order valence-corrected chi connectivity index (χ0v) is 12.2. The van der Waals surface area contributed by atoms with Gasteiger partial charge in [0.05, 0.1) is 4.47 Å². The van der Waals surface area contributed by atoms with Crippen LogP contribution in [-0.2, 0) is 5.54 Å². The van der Waals surface area contributed by atoms with Gasteiger partial charge in [-0.3, -0.25) is 0 Å². The molecule has 0 aliphatic carbocycles. The van der Waals surface area contributed by atoms with Crippen molar-refractivity contribution in [2.75, 3.05) is 6.54 Å². The predicted octanol–water partition coefficient (Wildman–Crippen LogP) is 4.31. The Balaban J connectivity index is 2.52. The summed E-state index contributed by atoms with van der Waals surface area (Å²) < 4.78 is 14.8. The highest BCUT2D eigenvalue weighted by atomic mass is 79.9. The molecule has 0 radical (unpaired) electrons. The van der Waals surface area contributed by atoms with Gasteiger partial charge >= 0.3 is 0 Å². The number of hydrogen-bond donors (Lipinski definition) is 1. The molecule has 2 rings (SSSR count). The molecule has 0 amide bonds. The van der Waals surface area contributed by atoms with E-state index in [2.05, 4.69) is 42.0 Å². The van der Waals surface area contributed by atoms with Gasteiger partial charge in [0, 0.05) is 11.1 Å². The number of benzene rings is 1. The summed E-state index contributed by atoms with van der Waals surface area (Å²) in [5, 5.41) is 3.42. The van der Waals surface area contributed by atoms with Crippen LogP contribution in [0.25, 0.3) is 0 Å². The summed E-state index contributed by atoms with van der Waals surface area (Å²) in [4.78, 5) is 0. The molecule has 1 aliphatic rings. The van der Waals surface area contributed by atoms with Crippen LogP contribution in [-0.4, -0.2) is 6.54 Å². The van der Waals surface area contributed by atoms with Gasteiger partial charge in [-0.15, -0.1) is 0 Å². The third-order valence-electron chi connectivity index (χ3n) is 3.68. The molecule has 1 fully saturated rings. The van der Waals surface area contributed by atoms with Crippen LogP contribution in [0.4, 0.5) is 4.39 Å². The predicted molar refractivity (Wildman–Crippen MR) is 72.8 cm³/mol. The summed E-state index contributed by atoms with van der Waals surface area (Å²) in [7, 11) is 0. The third-order valence-corrected chi connectivity index (χ3v) is 4.26. The number of hydrogen-bond acceptors (Lipinski definition) is 1. The van der Waals surface area contributed by atoms with E-state index < -0.39 is 0 Å². The molecule has 3 heteroatoms. The van der Waals surface area contributed by atoms with E-state index in [-0.39, 0.29) is 11.4 Å². The molecule has 1 N–H and O–H groups in total. The zero-order valence-electron chi connectivity index (χ0n) is 10.6. The quantitative estimate of drug-likeness (QED) is 0.858. The molecule has 1 aliphatic heterocycles. The van der Waals surface area contributed by atoms with Gasteiger partial charge in [-0.05, 0) is 59.8 Å². The van der Waals surface area contributed by atoms with Crippen LogP contribution in [0.1, 0.15) is 50.7 Å². The average Bonchev–Trinajstić information content (AvgIpc) is 2.69. The van der Waals surface area contributed by atoms with E-state index >= 15 is 0 Å². The first-order valence-electron chi connectivity index (χ1n) is 6.18. The molecule has 1 unspecified atom stereocenters. The van der Waals surface area contributed by atoms with E-state index in [0.717, 1.165) is 24.9 Å².